The minimum atomic E-state index is -0.00800. The van der Waals surface area contributed by atoms with Crippen molar-refractivity contribution in [3.05, 3.63) is 39.9 Å². The van der Waals surface area contributed by atoms with Crippen LogP contribution in [0, 0.1) is 5.92 Å². The Labute approximate surface area is 128 Å². The number of benzene rings is 1. The second-order valence-electron chi connectivity index (χ2n) is 5.20. The lowest BCUT2D eigenvalue weighted by molar-refractivity contribution is 0.651. The SMILES string of the molecule is CC(C)CSCCCn1cnc2c(Cl)cccc2c1=O. The van der Waals surface area contributed by atoms with Crippen LogP contribution in [0.4, 0.5) is 0 Å². The molecule has 0 saturated carbocycles. The molecule has 0 aliphatic rings. The molecule has 0 N–H and O–H groups in total. The van der Waals surface area contributed by atoms with Crippen molar-refractivity contribution in [2.24, 2.45) is 5.92 Å². The molecule has 0 saturated heterocycles. The molecule has 108 valence electrons. The summed E-state index contributed by atoms with van der Waals surface area (Å²) in [5, 5.41) is 1.12. The van der Waals surface area contributed by atoms with Gasteiger partial charge in [0.25, 0.3) is 5.56 Å². The first-order valence-corrected chi connectivity index (χ1v) is 8.34. The van der Waals surface area contributed by atoms with E-state index in [1.165, 1.54) is 5.75 Å². The van der Waals surface area contributed by atoms with Crippen LogP contribution in [0.3, 0.4) is 0 Å². The third kappa shape index (κ3) is 3.76. The number of aryl methyl sites for hydroxylation is 1. The highest BCUT2D eigenvalue weighted by molar-refractivity contribution is 7.99. The zero-order valence-electron chi connectivity index (χ0n) is 11.8. The van der Waals surface area contributed by atoms with Gasteiger partial charge in [-0.2, -0.15) is 11.8 Å². The maximum atomic E-state index is 12.3. The monoisotopic (exact) mass is 310 g/mol. The first kappa shape index (κ1) is 15.4. The number of nitrogens with zero attached hydrogens (tertiary/aromatic N) is 2. The Hall–Kier alpha value is -1.00. The van der Waals surface area contributed by atoms with E-state index < -0.39 is 0 Å². The van der Waals surface area contributed by atoms with Gasteiger partial charge in [0.15, 0.2) is 0 Å². The van der Waals surface area contributed by atoms with E-state index in [1.54, 1.807) is 29.1 Å². The zero-order valence-corrected chi connectivity index (χ0v) is 13.4. The molecule has 5 heteroatoms. The molecular weight excluding hydrogens is 292 g/mol. The molecular formula is C15H19ClN2OS. The predicted octanol–water partition coefficient (Wildman–Crippen LogP) is 3.83. The Kier molecular flexibility index (Phi) is 5.49. The topological polar surface area (TPSA) is 34.9 Å². The van der Waals surface area contributed by atoms with Crippen LogP contribution in [-0.4, -0.2) is 21.1 Å². The number of rotatable bonds is 6. The Balaban J connectivity index is 2.05. The molecule has 0 fully saturated rings. The molecule has 20 heavy (non-hydrogen) atoms. The van der Waals surface area contributed by atoms with Crippen LogP contribution in [0.5, 0.6) is 0 Å². The molecule has 0 atom stereocenters. The fourth-order valence-electron chi connectivity index (χ4n) is 1.97. The molecule has 0 amide bonds. The van der Waals surface area contributed by atoms with E-state index in [4.69, 9.17) is 11.6 Å². The molecule has 0 bridgehead atoms. The molecule has 0 spiro atoms. The van der Waals surface area contributed by atoms with E-state index in [9.17, 15) is 4.79 Å². The molecule has 0 aliphatic carbocycles. The van der Waals surface area contributed by atoms with Crippen molar-refractivity contribution in [3.8, 4) is 0 Å². The highest BCUT2D eigenvalue weighted by Crippen LogP contribution is 2.17. The predicted molar refractivity (Wildman–Crippen MR) is 87.8 cm³/mol. The Morgan fingerprint density at radius 3 is 2.95 bits per heavy atom. The van der Waals surface area contributed by atoms with Crippen molar-refractivity contribution in [3.63, 3.8) is 0 Å². The van der Waals surface area contributed by atoms with Crippen LogP contribution in [0.15, 0.2) is 29.3 Å². The van der Waals surface area contributed by atoms with E-state index >= 15 is 0 Å². The van der Waals surface area contributed by atoms with Gasteiger partial charge in [0.05, 0.1) is 22.3 Å². The van der Waals surface area contributed by atoms with Crippen LogP contribution in [-0.2, 0) is 6.54 Å². The number of fused-ring (bicyclic) bond motifs is 1. The molecule has 0 aliphatic heterocycles. The van der Waals surface area contributed by atoms with Crippen molar-refractivity contribution in [1.82, 2.24) is 9.55 Å². The highest BCUT2D eigenvalue weighted by atomic mass is 35.5. The summed E-state index contributed by atoms with van der Waals surface area (Å²) in [7, 11) is 0. The molecule has 2 rings (SSSR count). The first-order valence-electron chi connectivity index (χ1n) is 6.81. The molecule has 0 radical (unpaired) electrons. The molecule has 1 aromatic heterocycles. The Bertz CT molecular complexity index is 639. The Morgan fingerprint density at radius 2 is 2.20 bits per heavy atom. The van der Waals surface area contributed by atoms with Gasteiger partial charge in [-0.3, -0.25) is 9.36 Å². The third-order valence-corrected chi connectivity index (χ3v) is 4.73. The lowest BCUT2D eigenvalue weighted by atomic mass is 10.2. The molecule has 2 aromatic rings. The Morgan fingerprint density at radius 1 is 1.40 bits per heavy atom. The van der Waals surface area contributed by atoms with Crippen molar-refractivity contribution >= 4 is 34.3 Å². The maximum Gasteiger partial charge on any atom is 0.261 e. The summed E-state index contributed by atoms with van der Waals surface area (Å²) in [5.74, 6) is 2.95. The number of hydrogen-bond acceptors (Lipinski definition) is 3. The fourth-order valence-corrected chi connectivity index (χ4v) is 3.16. The van der Waals surface area contributed by atoms with E-state index in [1.807, 2.05) is 11.8 Å². The molecule has 1 heterocycles. The summed E-state index contributed by atoms with van der Waals surface area (Å²) >= 11 is 7.98. The van der Waals surface area contributed by atoms with Gasteiger partial charge in [-0.05, 0) is 36.0 Å². The third-order valence-electron chi connectivity index (χ3n) is 2.94. The summed E-state index contributed by atoms with van der Waals surface area (Å²) in [6, 6.07) is 5.32. The minimum Gasteiger partial charge on any atom is -0.299 e. The van der Waals surface area contributed by atoms with Crippen molar-refractivity contribution in [2.75, 3.05) is 11.5 Å². The standard InChI is InChI=1S/C15H19ClN2OS/c1-11(2)9-20-8-4-7-18-10-17-14-12(15(18)19)5-3-6-13(14)16/h3,5-6,10-11H,4,7-9H2,1-2H3. The quantitative estimate of drug-likeness (QED) is 0.761. The van der Waals surface area contributed by atoms with Crippen LogP contribution < -0.4 is 5.56 Å². The summed E-state index contributed by atoms with van der Waals surface area (Å²) in [6.07, 6.45) is 2.58. The van der Waals surface area contributed by atoms with Crippen LogP contribution in [0.25, 0.3) is 10.9 Å². The molecule has 3 nitrogen and oxygen atoms in total. The van der Waals surface area contributed by atoms with Gasteiger partial charge in [-0.25, -0.2) is 4.98 Å². The lowest BCUT2D eigenvalue weighted by Crippen LogP contribution is -2.21. The second-order valence-corrected chi connectivity index (χ2v) is 6.76. The highest BCUT2D eigenvalue weighted by Gasteiger charge is 2.06. The van der Waals surface area contributed by atoms with Crippen LogP contribution in [0.2, 0.25) is 5.02 Å². The van der Waals surface area contributed by atoms with Gasteiger partial charge in [0.1, 0.15) is 0 Å². The van der Waals surface area contributed by atoms with E-state index in [-0.39, 0.29) is 5.56 Å². The van der Waals surface area contributed by atoms with E-state index in [0.29, 0.717) is 28.4 Å². The van der Waals surface area contributed by atoms with Crippen molar-refractivity contribution < 1.29 is 0 Å². The largest absolute Gasteiger partial charge is 0.299 e. The average Bonchev–Trinajstić information content (AvgIpc) is 2.41. The van der Waals surface area contributed by atoms with Gasteiger partial charge >= 0.3 is 0 Å². The van der Waals surface area contributed by atoms with E-state index in [2.05, 4.69) is 18.8 Å². The molecule has 1 aromatic carbocycles. The summed E-state index contributed by atoms with van der Waals surface area (Å²) in [5.41, 5.74) is 0.580. The number of halogens is 1. The average molecular weight is 311 g/mol. The van der Waals surface area contributed by atoms with Crippen LogP contribution in [0.1, 0.15) is 20.3 Å². The van der Waals surface area contributed by atoms with Gasteiger partial charge in [0, 0.05) is 6.54 Å². The van der Waals surface area contributed by atoms with Gasteiger partial charge in [-0.1, -0.05) is 31.5 Å². The van der Waals surface area contributed by atoms with Gasteiger partial charge < -0.3 is 0 Å². The first-order chi connectivity index (χ1) is 9.59. The lowest BCUT2D eigenvalue weighted by Gasteiger charge is -2.08. The second kappa shape index (κ2) is 7.14. The fraction of sp³-hybridized carbons (Fsp3) is 0.467. The van der Waals surface area contributed by atoms with Crippen LogP contribution >= 0.6 is 23.4 Å². The number of aromatic nitrogens is 2. The van der Waals surface area contributed by atoms with Crippen molar-refractivity contribution in [1.29, 1.82) is 0 Å². The van der Waals surface area contributed by atoms with Gasteiger partial charge in [0.2, 0.25) is 0 Å². The number of hydrogen-bond donors (Lipinski definition) is 0. The summed E-state index contributed by atoms with van der Waals surface area (Å²) in [6.45, 7) is 5.14. The van der Waals surface area contributed by atoms with Crippen molar-refractivity contribution in [2.45, 2.75) is 26.8 Å². The maximum absolute atomic E-state index is 12.3. The normalized spacial score (nSPS) is 11.4. The number of thioether (sulfide) groups is 1. The number of para-hydroxylation sites is 1. The zero-order chi connectivity index (χ0) is 14.5. The van der Waals surface area contributed by atoms with Gasteiger partial charge in [-0.15, -0.1) is 0 Å². The smallest absolute Gasteiger partial charge is 0.261 e. The minimum absolute atomic E-state index is 0.00800. The summed E-state index contributed by atoms with van der Waals surface area (Å²) < 4.78 is 1.68. The molecule has 0 unspecified atom stereocenters. The van der Waals surface area contributed by atoms with E-state index in [0.717, 1.165) is 12.2 Å². The summed E-state index contributed by atoms with van der Waals surface area (Å²) in [4.78, 5) is 16.6.